The third kappa shape index (κ3) is 3.51. The van der Waals surface area contributed by atoms with Crippen LogP contribution in [0.1, 0.15) is 24.8 Å². The van der Waals surface area contributed by atoms with Gasteiger partial charge in [0.15, 0.2) is 0 Å². The Morgan fingerprint density at radius 2 is 1.70 bits per heavy atom. The number of rotatable bonds is 4. The van der Waals surface area contributed by atoms with Gasteiger partial charge >= 0.3 is 0 Å². The fraction of sp³-hybridized carbons (Fsp3) is 0.500. The van der Waals surface area contributed by atoms with Crippen LogP contribution in [0.2, 0.25) is 0 Å². The van der Waals surface area contributed by atoms with Crippen LogP contribution >= 0.6 is 0 Å². The summed E-state index contributed by atoms with van der Waals surface area (Å²) in [5, 5.41) is 7.84. The number of aromatic nitrogens is 4. The van der Waals surface area contributed by atoms with Gasteiger partial charge in [0.1, 0.15) is 11.0 Å². The van der Waals surface area contributed by atoms with Crippen molar-refractivity contribution in [1.82, 2.24) is 25.2 Å². The number of benzene rings is 1. The molecule has 0 saturated carbocycles. The fourth-order valence-electron chi connectivity index (χ4n) is 4.60. The van der Waals surface area contributed by atoms with Crippen molar-refractivity contribution in [3.63, 3.8) is 0 Å². The average molecular weight is 364 g/mol. The Bertz CT molecular complexity index is 890. The number of nitrogens with zero attached hydrogens (tertiary/aromatic N) is 6. The van der Waals surface area contributed by atoms with Crippen molar-refractivity contribution in [2.45, 2.75) is 25.8 Å². The highest BCUT2D eigenvalue weighted by molar-refractivity contribution is 5.73. The Labute approximate surface area is 158 Å². The first kappa shape index (κ1) is 16.6. The third-order valence-corrected chi connectivity index (χ3v) is 6.07. The van der Waals surface area contributed by atoms with Gasteiger partial charge in [0.05, 0.1) is 0 Å². The zero-order chi connectivity index (χ0) is 18.1. The van der Waals surface area contributed by atoms with Crippen LogP contribution in [0, 0.1) is 11.8 Å². The van der Waals surface area contributed by atoms with Crippen LogP contribution in [0.4, 0.5) is 5.95 Å². The number of likely N-dealkylation sites (tertiary alicyclic amines) is 1. The molecule has 3 aromatic rings. The van der Waals surface area contributed by atoms with Crippen LogP contribution in [-0.2, 0) is 6.54 Å². The maximum absolute atomic E-state index is 4.80. The average Bonchev–Trinajstić information content (AvgIpc) is 3.38. The van der Waals surface area contributed by atoms with Crippen molar-refractivity contribution in [3.8, 4) is 0 Å². The van der Waals surface area contributed by atoms with Crippen LogP contribution < -0.4 is 4.90 Å². The van der Waals surface area contributed by atoms with Gasteiger partial charge in [-0.05, 0) is 71.7 Å². The number of fused-ring (bicyclic) bond motifs is 1. The highest BCUT2D eigenvalue weighted by Gasteiger charge is 2.32. The number of piperidine rings is 1. The predicted molar refractivity (Wildman–Crippen MR) is 102 cm³/mol. The van der Waals surface area contributed by atoms with Gasteiger partial charge in [-0.1, -0.05) is 6.07 Å². The number of hydrogen-bond donors (Lipinski definition) is 0. The monoisotopic (exact) mass is 364 g/mol. The second kappa shape index (κ2) is 7.23. The summed E-state index contributed by atoms with van der Waals surface area (Å²) in [5.74, 6) is 2.50. The van der Waals surface area contributed by atoms with Gasteiger partial charge in [0.2, 0.25) is 5.95 Å². The number of hydrogen-bond acceptors (Lipinski definition) is 7. The first-order valence-electron chi connectivity index (χ1n) is 9.81. The zero-order valence-corrected chi connectivity index (χ0v) is 15.4. The van der Waals surface area contributed by atoms with Crippen molar-refractivity contribution in [2.75, 3.05) is 31.1 Å². The molecular formula is C20H24N6O. The molecule has 2 fully saturated rings. The largest absolute Gasteiger partial charge is 0.341 e. The molecular weight excluding hydrogens is 340 g/mol. The van der Waals surface area contributed by atoms with E-state index in [1.54, 1.807) is 0 Å². The summed E-state index contributed by atoms with van der Waals surface area (Å²) in [6, 6.07) is 8.10. The molecule has 7 heteroatoms. The van der Waals surface area contributed by atoms with E-state index in [9.17, 15) is 0 Å². The van der Waals surface area contributed by atoms with E-state index in [2.05, 4.69) is 42.2 Å². The molecule has 2 saturated heterocycles. The summed E-state index contributed by atoms with van der Waals surface area (Å²) in [6.07, 6.45) is 7.45. The molecule has 0 bridgehead atoms. The summed E-state index contributed by atoms with van der Waals surface area (Å²) in [6.45, 7) is 5.50. The van der Waals surface area contributed by atoms with Crippen molar-refractivity contribution in [3.05, 3.63) is 42.2 Å². The quantitative estimate of drug-likeness (QED) is 0.705. The number of anilines is 1. The van der Waals surface area contributed by atoms with E-state index in [1.165, 1.54) is 37.9 Å². The predicted octanol–water partition coefficient (Wildman–Crippen LogP) is 2.75. The lowest BCUT2D eigenvalue weighted by Gasteiger charge is -2.34. The van der Waals surface area contributed by atoms with E-state index < -0.39 is 0 Å². The highest BCUT2D eigenvalue weighted by atomic mass is 16.6. The normalized spacial score (nSPS) is 21.9. The molecule has 140 valence electrons. The van der Waals surface area contributed by atoms with Gasteiger partial charge in [-0.25, -0.2) is 14.6 Å². The van der Waals surface area contributed by atoms with Crippen LogP contribution in [0.25, 0.3) is 11.0 Å². The van der Waals surface area contributed by atoms with Gasteiger partial charge in [-0.2, -0.15) is 0 Å². The second-order valence-electron chi connectivity index (χ2n) is 7.74. The van der Waals surface area contributed by atoms with Crippen molar-refractivity contribution in [2.24, 2.45) is 11.8 Å². The molecule has 0 aliphatic carbocycles. The molecule has 0 radical (unpaired) electrons. The van der Waals surface area contributed by atoms with Crippen molar-refractivity contribution >= 4 is 17.0 Å². The second-order valence-corrected chi connectivity index (χ2v) is 7.74. The lowest BCUT2D eigenvalue weighted by atomic mass is 9.84. The van der Waals surface area contributed by atoms with Gasteiger partial charge in [0, 0.05) is 38.6 Å². The van der Waals surface area contributed by atoms with E-state index in [0.29, 0.717) is 0 Å². The Morgan fingerprint density at radius 1 is 0.926 bits per heavy atom. The van der Waals surface area contributed by atoms with Crippen molar-refractivity contribution < 1.29 is 4.63 Å². The van der Waals surface area contributed by atoms with E-state index in [-0.39, 0.29) is 0 Å². The van der Waals surface area contributed by atoms with E-state index >= 15 is 0 Å². The van der Waals surface area contributed by atoms with Crippen LogP contribution in [-0.4, -0.2) is 51.4 Å². The smallest absolute Gasteiger partial charge is 0.225 e. The standard InChI is InChI=1S/C20H24N6O/c1-7-21-20(22-8-1)26-10-5-16(6-11-26)17-4-9-25(14-17)13-15-2-3-18-19(12-15)24-27-23-18/h1-3,7-8,12,16-17H,4-6,9-11,13-14H2. The maximum Gasteiger partial charge on any atom is 0.225 e. The fourth-order valence-corrected chi connectivity index (χ4v) is 4.60. The topological polar surface area (TPSA) is 71.2 Å². The Hall–Kier alpha value is -2.54. The first-order valence-corrected chi connectivity index (χ1v) is 9.81. The molecule has 4 heterocycles. The highest BCUT2D eigenvalue weighted by Crippen LogP contribution is 2.33. The maximum atomic E-state index is 4.80. The Balaban J connectivity index is 1.15. The minimum absolute atomic E-state index is 0.807. The zero-order valence-electron chi connectivity index (χ0n) is 15.4. The molecule has 5 rings (SSSR count). The van der Waals surface area contributed by atoms with Gasteiger partial charge in [-0.15, -0.1) is 0 Å². The molecule has 1 atom stereocenters. The summed E-state index contributed by atoms with van der Waals surface area (Å²) >= 11 is 0. The molecule has 0 N–H and O–H groups in total. The molecule has 27 heavy (non-hydrogen) atoms. The SMILES string of the molecule is c1cnc(N2CCC(C3CCN(Cc4ccc5nonc5c4)C3)CC2)nc1. The summed E-state index contributed by atoms with van der Waals surface area (Å²) in [4.78, 5) is 13.7. The Morgan fingerprint density at radius 3 is 2.56 bits per heavy atom. The van der Waals surface area contributed by atoms with Gasteiger partial charge in [0.25, 0.3) is 0 Å². The molecule has 2 aliphatic heterocycles. The van der Waals surface area contributed by atoms with Crippen molar-refractivity contribution in [1.29, 1.82) is 0 Å². The minimum atomic E-state index is 0.807. The molecule has 7 nitrogen and oxygen atoms in total. The van der Waals surface area contributed by atoms with Gasteiger partial charge in [-0.3, -0.25) is 4.90 Å². The van der Waals surface area contributed by atoms with Crippen LogP contribution in [0.5, 0.6) is 0 Å². The molecule has 0 amide bonds. The van der Waals surface area contributed by atoms with Crippen LogP contribution in [0.3, 0.4) is 0 Å². The first-order chi connectivity index (χ1) is 13.3. The van der Waals surface area contributed by atoms with Gasteiger partial charge < -0.3 is 4.90 Å². The van der Waals surface area contributed by atoms with E-state index in [1.807, 2.05) is 24.5 Å². The minimum Gasteiger partial charge on any atom is -0.341 e. The molecule has 1 unspecified atom stereocenters. The Kier molecular flexibility index (Phi) is 4.45. The molecule has 2 aliphatic rings. The molecule has 1 aromatic carbocycles. The molecule has 2 aromatic heterocycles. The molecule has 0 spiro atoms. The third-order valence-electron chi connectivity index (χ3n) is 6.07. The summed E-state index contributed by atoms with van der Waals surface area (Å²) in [7, 11) is 0. The summed E-state index contributed by atoms with van der Waals surface area (Å²) in [5.41, 5.74) is 2.96. The van der Waals surface area contributed by atoms with E-state index in [0.717, 1.165) is 48.5 Å². The van der Waals surface area contributed by atoms with E-state index in [4.69, 9.17) is 4.63 Å². The van der Waals surface area contributed by atoms with Crippen LogP contribution in [0.15, 0.2) is 41.3 Å². The lowest BCUT2D eigenvalue weighted by molar-refractivity contribution is 0.252. The summed E-state index contributed by atoms with van der Waals surface area (Å²) < 4.78 is 4.80. The lowest BCUT2D eigenvalue weighted by Crippen LogP contribution is -2.37.